The van der Waals surface area contributed by atoms with Gasteiger partial charge in [0.2, 0.25) is 0 Å². The molecule has 0 aliphatic heterocycles. The van der Waals surface area contributed by atoms with Crippen molar-refractivity contribution in [3.05, 3.63) is 23.8 Å². The van der Waals surface area contributed by atoms with E-state index in [1.165, 1.54) is 0 Å². The van der Waals surface area contributed by atoms with E-state index in [0.29, 0.717) is 17.8 Å². The fourth-order valence-corrected chi connectivity index (χ4v) is 1.09. The smallest absolute Gasteiger partial charge is 0.488 e. The molecule has 1 aromatic rings. The van der Waals surface area contributed by atoms with E-state index >= 15 is 0 Å². The van der Waals surface area contributed by atoms with Crippen LogP contribution in [0.1, 0.15) is 12.5 Å². The molecule has 3 nitrogen and oxygen atoms in total. The van der Waals surface area contributed by atoms with E-state index in [4.69, 9.17) is 14.8 Å². The van der Waals surface area contributed by atoms with Crippen molar-refractivity contribution in [2.45, 2.75) is 13.8 Å². The van der Waals surface area contributed by atoms with Crippen LogP contribution in [0.4, 0.5) is 0 Å². The van der Waals surface area contributed by atoms with Crippen molar-refractivity contribution < 1.29 is 14.8 Å². The van der Waals surface area contributed by atoms with Crippen molar-refractivity contribution in [2.24, 2.45) is 0 Å². The number of benzene rings is 1. The van der Waals surface area contributed by atoms with Crippen molar-refractivity contribution in [1.29, 1.82) is 0 Å². The first-order valence-electron chi connectivity index (χ1n) is 4.24. The van der Waals surface area contributed by atoms with Gasteiger partial charge in [0.15, 0.2) is 0 Å². The first-order valence-corrected chi connectivity index (χ1v) is 4.24. The van der Waals surface area contributed by atoms with Gasteiger partial charge in [0, 0.05) is 0 Å². The Hall–Kier alpha value is -0.995. The Labute approximate surface area is 78.1 Å². The monoisotopic (exact) mass is 180 g/mol. The third kappa shape index (κ3) is 2.47. The minimum Gasteiger partial charge on any atom is -0.494 e. The van der Waals surface area contributed by atoms with Crippen LogP contribution in [0.3, 0.4) is 0 Å². The number of aryl methyl sites for hydroxylation is 1. The van der Waals surface area contributed by atoms with E-state index in [9.17, 15) is 0 Å². The molecule has 1 aromatic carbocycles. The first-order chi connectivity index (χ1) is 6.15. The van der Waals surface area contributed by atoms with Gasteiger partial charge in [0.05, 0.1) is 6.61 Å². The minimum absolute atomic E-state index is 0.453. The molecule has 0 saturated carbocycles. The molecule has 2 N–H and O–H groups in total. The van der Waals surface area contributed by atoms with E-state index in [1.54, 1.807) is 18.2 Å². The molecule has 0 aliphatic carbocycles. The highest BCUT2D eigenvalue weighted by Crippen LogP contribution is 2.14. The highest BCUT2D eigenvalue weighted by atomic mass is 16.5. The van der Waals surface area contributed by atoms with Crippen LogP contribution in [0.2, 0.25) is 0 Å². The maximum Gasteiger partial charge on any atom is 0.488 e. The SMILES string of the molecule is CCOc1cc(B(O)O)ccc1C. The van der Waals surface area contributed by atoms with Crippen LogP contribution in [0.5, 0.6) is 5.75 Å². The zero-order valence-electron chi connectivity index (χ0n) is 7.82. The third-order valence-electron chi connectivity index (χ3n) is 1.81. The second-order valence-corrected chi connectivity index (χ2v) is 2.83. The van der Waals surface area contributed by atoms with Gasteiger partial charge in [-0.3, -0.25) is 0 Å². The van der Waals surface area contributed by atoms with E-state index in [2.05, 4.69) is 0 Å². The molecule has 0 heterocycles. The topological polar surface area (TPSA) is 49.7 Å². The lowest BCUT2D eigenvalue weighted by Gasteiger charge is -2.08. The fraction of sp³-hybridized carbons (Fsp3) is 0.333. The predicted octanol–water partition coefficient (Wildman–Crippen LogP) is 0.0735. The Balaban J connectivity index is 2.97. The largest absolute Gasteiger partial charge is 0.494 e. The summed E-state index contributed by atoms with van der Waals surface area (Å²) in [5, 5.41) is 17.8. The Morgan fingerprint density at radius 2 is 2.08 bits per heavy atom. The standard InChI is InChI=1S/C9H13BO3/c1-3-13-9-6-8(10(11)12)5-4-7(9)2/h4-6,11-12H,3H2,1-2H3. The molecule has 0 radical (unpaired) electrons. The molecule has 4 heteroatoms. The summed E-state index contributed by atoms with van der Waals surface area (Å²) in [5.74, 6) is 0.702. The molecule has 0 unspecified atom stereocenters. The molecule has 0 bridgehead atoms. The normalized spacial score (nSPS) is 9.85. The van der Waals surface area contributed by atoms with Crippen LogP contribution in [0.15, 0.2) is 18.2 Å². The summed E-state index contributed by atoms with van der Waals surface area (Å²) in [7, 11) is -1.43. The molecular weight excluding hydrogens is 167 g/mol. The van der Waals surface area contributed by atoms with Gasteiger partial charge in [-0.05, 0) is 30.9 Å². The lowest BCUT2D eigenvalue weighted by Crippen LogP contribution is -2.29. The maximum atomic E-state index is 8.91. The molecule has 1 rings (SSSR count). The molecule has 0 saturated heterocycles. The molecular formula is C9H13BO3. The second-order valence-electron chi connectivity index (χ2n) is 2.83. The van der Waals surface area contributed by atoms with Gasteiger partial charge in [-0.25, -0.2) is 0 Å². The highest BCUT2D eigenvalue weighted by molar-refractivity contribution is 6.58. The molecule has 0 spiro atoms. The van der Waals surface area contributed by atoms with Gasteiger partial charge in [0.25, 0.3) is 0 Å². The van der Waals surface area contributed by atoms with Gasteiger partial charge in [-0.1, -0.05) is 12.1 Å². The summed E-state index contributed by atoms with van der Waals surface area (Å²) >= 11 is 0. The van der Waals surface area contributed by atoms with Gasteiger partial charge in [-0.2, -0.15) is 0 Å². The van der Waals surface area contributed by atoms with Crippen molar-refractivity contribution in [1.82, 2.24) is 0 Å². The molecule has 0 aromatic heterocycles. The Morgan fingerprint density at radius 3 is 2.62 bits per heavy atom. The molecule has 0 amide bonds. The average molecular weight is 180 g/mol. The van der Waals surface area contributed by atoms with Crippen molar-refractivity contribution >= 4 is 12.6 Å². The van der Waals surface area contributed by atoms with E-state index in [-0.39, 0.29) is 0 Å². The molecule has 0 fully saturated rings. The number of rotatable bonds is 3. The van der Waals surface area contributed by atoms with Gasteiger partial charge in [-0.15, -0.1) is 0 Å². The average Bonchev–Trinajstić information content (AvgIpc) is 2.08. The fourth-order valence-electron chi connectivity index (χ4n) is 1.09. The van der Waals surface area contributed by atoms with Gasteiger partial charge in [0.1, 0.15) is 5.75 Å². The van der Waals surface area contributed by atoms with Gasteiger partial charge < -0.3 is 14.8 Å². The maximum absolute atomic E-state index is 8.91. The van der Waals surface area contributed by atoms with Crippen LogP contribution in [0.25, 0.3) is 0 Å². The van der Waals surface area contributed by atoms with E-state index < -0.39 is 7.12 Å². The molecule has 70 valence electrons. The summed E-state index contributed by atoms with van der Waals surface area (Å²) < 4.78 is 5.31. The van der Waals surface area contributed by atoms with Crippen LogP contribution < -0.4 is 10.2 Å². The summed E-state index contributed by atoms with van der Waals surface area (Å²) in [6.07, 6.45) is 0. The molecule has 13 heavy (non-hydrogen) atoms. The first kappa shape index (κ1) is 10.1. The van der Waals surface area contributed by atoms with Crippen molar-refractivity contribution in [2.75, 3.05) is 6.61 Å². The quantitative estimate of drug-likeness (QED) is 0.647. The molecule has 0 atom stereocenters. The van der Waals surface area contributed by atoms with Crippen LogP contribution in [-0.4, -0.2) is 23.8 Å². The molecule has 0 aliphatic rings. The number of hydrogen-bond donors (Lipinski definition) is 2. The predicted molar refractivity (Wildman–Crippen MR) is 52.2 cm³/mol. The Bertz CT molecular complexity index is 286. The lowest BCUT2D eigenvalue weighted by atomic mass is 9.80. The van der Waals surface area contributed by atoms with E-state index in [0.717, 1.165) is 5.56 Å². The summed E-state index contributed by atoms with van der Waals surface area (Å²) in [6.45, 7) is 4.38. The summed E-state index contributed by atoms with van der Waals surface area (Å²) in [4.78, 5) is 0. The van der Waals surface area contributed by atoms with Crippen LogP contribution >= 0.6 is 0 Å². The lowest BCUT2D eigenvalue weighted by molar-refractivity contribution is 0.338. The zero-order chi connectivity index (χ0) is 9.84. The number of hydrogen-bond acceptors (Lipinski definition) is 3. The van der Waals surface area contributed by atoms with E-state index in [1.807, 2.05) is 13.8 Å². The van der Waals surface area contributed by atoms with Gasteiger partial charge >= 0.3 is 7.12 Å². The second kappa shape index (κ2) is 4.30. The Kier molecular flexibility index (Phi) is 3.34. The third-order valence-corrected chi connectivity index (χ3v) is 1.81. The highest BCUT2D eigenvalue weighted by Gasteiger charge is 2.12. The van der Waals surface area contributed by atoms with Crippen LogP contribution in [0, 0.1) is 6.92 Å². The zero-order valence-corrected chi connectivity index (χ0v) is 7.82. The van der Waals surface area contributed by atoms with Crippen LogP contribution in [-0.2, 0) is 0 Å². The Morgan fingerprint density at radius 1 is 1.38 bits per heavy atom. The van der Waals surface area contributed by atoms with Crippen molar-refractivity contribution in [3.8, 4) is 5.75 Å². The minimum atomic E-state index is -1.43. The summed E-state index contributed by atoms with van der Waals surface area (Å²) in [5.41, 5.74) is 1.44. The van der Waals surface area contributed by atoms with Crippen molar-refractivity contribution in [3.63, 3.8) is 0 Å². The summed E-state index contributed by atoms with van der Waals surface area (Å²) in [6, 6.07) is 5.12. The number of ether oxygens (including phenoxy) is 1.